The van der Waals surface area contributed by atoms with Crippen LogP contribution in [-0.4, -0.2) is 16.2 Å². The van der Waals surface area contributed by atoms with Crippen LogP contribution in [0.4, 0.5) is 5.69 Å². The Morgan fingerprint density at radius 3 is 2.48 bits per heavy atom. The van der Waals surface area contributed by atoms with Crippen LogP contribution >= 0.6 is 24.0 Å². The molecular weight excluding hydrogens is 354 g/mol. The molecule has 1 aliphatic rings. The van der Waals surface area contributed by atoms with E-state index < -0.39 is 5.97 Å². The van der Waals surface area contributed by atoms with Crippen LogP contribution in [0.25, 0.3) is 6.08 Å². The van der Waals surface area contributed by atoms with E-state index in [1.54, 1.807) is 23.1 Å². The third kappa shape index (κ3) is 3.50. The summed E-state index contributed by atoms with van der Waals surface area (Å²) in [5, 5.41) is 10.8. The first kappa shape index (κ1) is 17.4. The second-order valence-corrected chi connectivity index (χ2v) is 7.39. The number of nitrogens with zero attached hydrogens (tertiary/aromatic N) is 1. The molecule has 0 saturated carbocycles. The highest BCUT2D eigenvalue weighted by atomic mass is 32.2. The maximum atomic E-state index is 12.8. The Kier molecular flexibility index (Phi) is 4.74. The molecule has 2 aromatic rings. The quantitative estimate of drug-likeness (QED) is 0.615. The Hall–Kier alpha value is -2.44. The maximum absolute atomic E-state index is 12.8. The fourth-order valence-electron chi connectivity index (χ4n) is 2.50. The normalized spacial score (nSPS) is 15.9. The van der Waals surface area contributed by atoms with E-state index in [9.17, 15) is 14.7 Å². The average Bonchev–Trinajstić information content (AvgIpc) is 2.84. The van der Waals surface area contributed by atoms with Crippen LogP contribution in [0.15, 0.2) is 47.4 Å². The van der Waals surface area contributed by atoms with Crippen LogP contribution in [0.2, 0.25) is 0 Å². The van der Waals surface area contributed by atoms with Gasteiger partial charge in [0.05, 0.1) is 16.6 Å². The molecule has 0 bridgehead atoms. The Balaban J connectivity index is 1.93. The van der Waals surface area contributed by atoms with E-state index in [1.807, 2.05) is 32.0 Å². The minimum atomic E-state index is -1.23. The molecule has 1 heterocycles. The van der Waals surface area contributed by atoms with E-state index in [2.05, 4.69) is 0 Å². The molecule has 1 amide bonds. The van der Waals surface area contributed by atoms with Crippen molar-refractivity contribution in [2.75, 3.05) is 4.90 Å². The number of thioether (sulfide) groups is 1. The summed E-state index contributed by atoms with van der Waals surface area (Å²) in [5.41, 5.74) is 3.64. The predicted octanol–water partition coefficient (Wildman–Crippen LogP) is 3.07. The van der Waals surface area contributed by atoms with Crippen molar-refractivity contribution in [2.24, 2.45) is 0 Å². The summed E-state index contributed by atoms with van der Waals surface area (Å²) < 4.78 is 0.483. The number of aryl methyl sites for hydroxylation is 2. The maximum Gasteiger partial charge on any atom is 0.270 e. The molecule has 0 spiro atoms. The minimum Gasteiger partial charge on any atom is -0.545 e. The van der Waals surface area contributed by atoms with Gasteiger partial charge < -0.3 is 9.90 Å². The Bertz CT molecular complexity index is 917. The highest BCUT2D eigenvalue weighted by Crippen LogP contribution is 2.37. The van der Waals surface area contributed by atoms with Crippen molar-refractivity contribution >= 4 is 51.9 Å². The molecule has 0 N–H and O–H groups in total. The number of carboxylic acids is 1. The van der Waals surface area contributed by atoms with Crippen LogP contribution in [0.5, 0.6) is 0 Å². The first-order valence-corrected chi connectivity index (χ1v) is 8.76. The third-order valence-electron chi connectivity index (χ3n) is 3.84. The molecule has 0 unspecified atom stereocenters. The van der Waals surface area contributed by atoms with Gasteiger partial charge in [-0.2, -0.15) is 0 Å². The van der Waals surface area contributed by atoms with Crippen molar-refractivity contribution in [3.05, 3.63) is 69.6 Å². The molecule has 126 valence electrons. The molecule has 1 fully saturated rings. The highest BCUT2D eigenvalue weighted by molar-refractivity contribution is 8.27. The van der Waals surface area contributed by atoms with Gasteiger partial charge in [0.15, 0.2) is 4.32 Å². The topological polar surface area (TPSA) is 60.4 Å². The van der Waals surface area contributed by atoms with Gasteiger partial charge >= 0.3 is 0 Å². The highest BCUT2D eigenvalue weighted by Gasteiger charge is 2.34. The van der Waals surface area contributed by atoms with Crippen molar-refractivity contribution in [3.8, 4) is 0 Å². The molecule has 0 radical (unpaired) electrons. The molecule has 0 aliphatic carbocycles. The van der Waals surface area contributed by atoms with Crippen molar-refractivity contribution in [3.63, 3.8) is 0 Å². The van der Waals surface area contributed by atoms with Crippen LogP contribution < -0.4 is 10.0 Å². The van der Waals surface area contributed by atoms with E-state index >= 15 is 0 Å². The molecule has 0 atom stereocenters. The first-order chi connectivity index (χ1) is 11.9. The van der Waals surface area contributed by atoms with Gasteiger partial charge in [-0.15, -0.1) is 0 Å². The Labute approximate surface area is 155 Å². The van der Waals surface area contributed by atoms with Gasteiger partial charge in [-0.1, -0.05) is 60.4 Å². The third-order valence-corrected chi connectivity index (χ3v) is 5.15. The SMILES string of the molecule is Cc1ccc(C)c(N2C(=O)/C(=C/c3ccc(C(=O)[O-])cc3)SC2=S)c1. The first-order valence-electron chi connectivity index (χ1n) is 7.53. The lowest BCUT2D eigenvalue weighted by atomic mass is 10.1. The Morgan fingerprint density at radius 2 is 1.84 bits per heavy atom. The smallest absolute Gasteiger partial charge is 0.270 e. The number of amides is 1. The molecule has 1 saturated heterocycles. The lowest BCUT2D eigenvalue weighted by molar-refractivity contribution is -0.255. The number of hydrogen-bond donors (Lipinski definition) is 0. The zero-order valence-corrected chi connectivity index (χ0v) is 15.2. The standard InChI is InChI=1S/C19H15NO3S2/c1-11-3-4-12(2)15(9-11)20-17(21)16(25-19(20)24)10-13-5-7-14(8-6-13)18(22)23/h3-10H,1-2H3,(H,22,23)/p-1/b16-10-. The van der Waals surface area contributed by atoms with E-state index in [0.29, 0.717) is 9.23 Å². The summed E-state index contributed by atoms with van der Waals surface area (Å²) in [6, 6.07) is 12.1. The van der Waals surface area contributed by atoms with Crippen molar-refractivity contribution in [1.29, 1.82) is 0 Å². The predicted molar refractivity (Wildman–Crippen MR) is 102 cm³/mol. The lowest BCUT2D eigenvalue weighted by Crippen LogP contribution is -2.28. The molecule has 0 aromatic heterocycles. The summed E-state index contributed by atoms with van der Waals surface area (Å²) in [5.74, 6) is -1.40. The van der Waals surface area contributed by atoms with Gasteiger partial charge in [0.2, 0.25) is 0 Å². The summed E-state index contributed by atoms with van der Waals surface area (Å²) in [4.78, 5) is 25.7. The Morgan fingerprint density at radius 1 is 1.16 bits per heavy atom. The molecule has 4 nitrogen and oxygen atoms in total. The van der Waals surface area contributed by atoms with Gasteiger partial charge in [0.1, 0.15) is 0 Å². The van der Waals surface area contributed by atoms with Crippen LogP contribution in [-0.2, 0) is 4.79 Å². The van der Waals surface area contributed by atoms with Crippen LogP contribution in [0, 0.1) is 13.8 Å². The number of carbonyl (C=O) groups is 2. The van der Waals surface area contributed by atoms with E-state index in [-0.39, 0.29) is 11.5 Å². The minimum absolute atomic E-state index is 0.0973. The number of aromatic carboxylic acids is 1. The van der Waals surface area contributed by atoms with E-state index in [0.717, 1.165) is 22.4 Å². The zero-order valence-electron chi connectivity index (χ0n) is 13.6. The molecule has 1 aliphatic heterocycles. The lowest BCUT2D eigenvalue weighted by Gasteiger charge is -2.17. The summed E-state index contributed by atoms with van der Waals surface area (Å²) >= 11 is 6.63. The second-order valence-electron chi connectivity index (χ2n) is 5.72. The summed E-state index contributed by atoms with van der Waals surface area (Å²) in [6.07, 6.45) is 1.71. The number of benzene rings is 2. The molecule has 25 heavy (non-hydrogen) atoms. The summed E-state index contributed by atoms with van der Waals surface area (Å²) in [6.45, 7) is 3.91. The number of thiocarbonyl (C=S) groups is 1. The van der Waals surface area contributed by atoms with Gasteiger partial charge in [-0.3, -0.25) is 9.69 Å². The number of rotatable bonds is 3. The van der Waals surface area contributed by atoms with Gasteiger partial charge in [0, 0.05) is 0 Å². The molecule has 2 aromatic carbocycles. The van der Waals surface area contributed by atoms with Crippen LogP contribution in [0.3, 0.4) is 0 Å². The van der Waals surface area contributed by atoms with E-state index in [4.69, 9.17) is 12.2 Å². The number of carbonyl (C=O) groups excluding carboxylic acids is 2. The van der Waals surface area contributed by atoms with Gasteiger partial charge in [-0.25, -0.2) is 0 Å². The fourth-order valence-corrected chi connectivity index (χ4v) is 3.79. The van der Waals surface area contributed by atoms with Crippen molar-refractivity contribution in [1.82, 2.24) is 0 Å². The van der Waals surface area contributed by atoms with E-state index in [1.165, 1.54) is 23.9 Å². The number of carboxylic acid groups (broad SMARTS) is 1. The van der Waals surface area contributed by atoms with Gasteiger partial charge in [-0.05, 0) is 48.2 Å². The molecule has 3 rings (SSSR count). The average molecular weight is 368 g/mol. The summed E-state index contributed by atoms with van der Waals surface area (Å²) in [7, 11) is 0. The molecular formula is C19H14NO3S2-. The number of hydrogen-bond acceptors (Lipinski definition) is 5. The van der Waals surface area contributed by atoms with Crippen LogP contribution in [0.1, 0.15) is 27.0 Å². The second kappa shape index (κ2) is 6.82. The van der Waals surface area contributed by atoms with Crippen molar-refractivity contribution in [2.45, 2.75) is 13.8 Å². The molecule has 6 heteroatoms. The monoisotopic (exact) mass is 368 g/mol. The largest absolute Gasteiger partial charge is 0.545 e. The zero-order chi connectivity index (χ0) is 18.1. The fraction of sp³-hybridized carbons (Fsp3) is 0.105. The van der Waals surface area contributed by atoms with Crippen molar-refractivity contribution < 1.29 is 14.7 Å². The van der Waals surface area contributed by atoms with Gasteiger partial charge in [0.25, 0.3) is 5.91 Å². The number of anilines is 1.